The van der Waals surface area contributed by atoms with Crippen LogP contribution in [0.15, 0.2) is 24.4 Å². The SMILES string of the molecule is Cc1cc(NCc2[nH]nc3ncccc23)nc(C)c1C#N. The van der Waals surface area contributed by atoms with Gasteiger partial charge in [0, 0.05) is 11.6 Å². The van der Waals surface area contributed by atoms with E-state index in [2.05, 4.69) is 31.6 Å². The molecule has 0 saturated heterocycles. The van der Waals surface area contributed by atoms with Gasteiger partial charge in [0.2, 0.25) is 0 Å². The van der Waals surface area contributed by atoms with E-state index in [1.807, 2.05) is 32.0 Å². The van der Waals surface area contributed by atoms with Gasteiger partial charge in [0.05, 0.1) is 23.5 Å². The van der Waals surface area contributed by atoms with Crippen molar-refractivity contribution in [3.8, 4) is 6.07 Å². The molecule has 0 bridgehead atoms. The Kier molecular flexibility index (Phi) is 3.24. The van der Waals surface area contributed by atoms with Crippen LogP contribution in [0.1, 0.15) is 22.5 Å². The van der Waals surface area contributed by atoms with Crippen molar-refractivity contribution in [3.63, 3.8) is 0 Å². The van der Waals surface area contributed by atoms with Crippen molar-refractivity contribution >= 4 is 16.9 Å². The van der Waals surface area contributed by atoms with E-state index < -0.39 is 0 Å². The molecule has 6 nitrogen and oxygen atoms in total. The summed E-state index contributed by atoms with van der Waals surface area (Å²) in [5.41, 5.74) is 3.95. The summed E-state index contributed by atoms with van der Waals surface area (Å²) in [4.78, 5) is 8.59. The van der Waals surface area contributed by atoms with Gasteiger partial charge in [0.15, 0.2) is 5.65 Å². The first-order valence-electron chi connectivity index (χ1n) is 6.59. The summed E-state index contributed by atoms with van der Waals surface area (Å²) >= 11 is 0. The molecule has 0 amide bonds. The number of hydrogen-bond donors (Lipinski definition) is 2. The van der Waals surface area contributed by atoms with E-state index in [1.165, 1.54) is 0 Å². The van der Waals surface area contributed by atoms with Crippen LogP contribution < -0.4 is 5.32 Å². The molecule has 0 spiro atoms. The largest absolute Gasteiger partial charge is 0.364 e. The van der Waals surface area contributed by atoms with E-state index in [-0.39, 0.29) is 0 Å². The summed E-state index contributed by atoms with van der Waals surface area (Å²) < 4.78 is 0. The minimum atomic E-state index is 0.569. The zero-order chi connectivity index (χ0) is 14.8. The fourth-order valence-corrected chi connectivity index (χ4v) is 2.31. The van der Waals surface area contributed by atoms with Gasteiger partial charge in [-0.25, -0.2) is 9.97 Å². The van der Waals surface area contributed by atoms with Gasteiger partial charge in [-0.1, -0.05) is 0 Å². The van der Waals surface area contributed by atoms with Crippen LogP contribution in [-0.4, -0.2) is 20.2 Å². The highest BCUT2D eigenvalue weighted by Crippen LogP contribution is 2.17. The molecule has 3 rings (SSSR count). The number of fused-ring (bicyclic) bond motifs is 1. The Labute approximate surface area is 121 Å². The van der Waals surface area contributed by atoms with Gasteiger partial charge in [-0.3, -0.25) is 5.10 Å². The van der Waals surface area contributed by atoms with E-state index in [4.69, 9.17) is 5.26 Å². The van der Waals surface area contributed by atoms with Crippen LogP contribution in [0.5, 0.6) is 0 Å². The summed E-state index contributed by atoms with van der Waals surface area (Å²) in [6, 6.07) is 7.91. The van der Waals surface area contributed by atoms with Gasteiger partial charge in [-0.05, 0) is 37.6 Å². The second-order valence-electron chi connectivity index (χ2n) is 4.83. The number of hydrogen-bond acceptors (Lipinski definition) is 5. The molecule has 104 valence electrons. The van der Waals surface area contributed by atoms with Crippen molar-refractivity contribution in [2.45, 2.75) is 20.4 Å². The molecule has 3 aromatic rings. The number of H-pyrrole nitrogens is 1. The molecule has 0 aromatic carbocycles. The third kappa shape index (κ3) is 2.41. The molecule has 6 heteroatoms. The zero-order valence-electron chi connectivity index (χ0n) is 11.8. The van der Waals surface area contributed by atoms with Crippen molar-refractivity contribution in [1.29, 1.82) is 5.26 Å². The number of nitrogens with one attached hydrogen (secondary N) is 2. The molecule has 0 aliphatic rings. The maximum absolute atomic E-state index is 9.06. The molecular weight excluding hydrogens is 264 g/mol. The minimum absolute atomic E-state index is 0.569. The Morgan fingerprint density at radius 2 is 2.24 bits per heavy atom. The standard InChI is InChI=1S/C15H14N6/c1-9-6-14(19-10(2)12(9)7-16)18-8-13-11-4-3-5-17-15(11)21-20-13/h3-6H,8H2,1-2H3,(H,18,19)(H,17,20,21). The van der Waals surface area contributed by atoms with Crippen LogP contribution in [0.2, 0.25) is 0 Å². The third-order valence-electron chi connectivity index (χ3n) is 3.36. The quantitative estimate of drug-likeness (QED) is 0.768. The van der Waals surface area contributed by atoms with Gasteiger partial charge in [0.1, 0.15) is 11.9 Å². The number of rotatable bonds is 3. The van der Waals surface area contributed by atoms with Crippen LogP contribution in [-0.2, 0) is 6.54 Å². The molecule has 0 unspecified atom stereocenters. The van der Waals surface area contributed by atoms with Gasteiger partial charge in [0.25, 0.3) is 0 Å². The number of aryl methyl sites for hydroxylation is 2. The first-order valence-corrected chi connectivity index (χ1v) is 6.59. The smallest absolute Gasteiger partial charge is 0.181 e. The molecule has 3 aromatic heterocycles. The van der Waals surface area contributed by atoms with Crippen molar-refractivity contribution in [3.05, 3.63) is 46.9 Å². The first-order chi connectivity index (χ1) is 10.2. The molecule has 3 heterocycles. The molecular formula is C15H14N6. The molecule has 0 fully saturated rings. The molecule has 0 radical (unpaired) electrons. The summed E-state index contributed by atoms with van der Waals surface area (Å²) in [6.07, 6.45) is 1.72. The highest BCUT2D eigenvalue weighted by atomic mass is 15.2. The molecule has 0 aliphatic carbocycles. The minimum Gasteiger partial charge on any atom is -0.364 e. The average Bonchev–Trinajstić information content (AvgIpc) is 2.88. The van der Waals surface area contributed by atoms with Crippen LogP contribution >= 0.6 is 0 Å². The topological polar surface area (TPSA) is 90.3 Å². The van der Waals surface area contributed by atoms with Crippen LogP contribution in [0, 0.1) is 25.2 Å². The van der Waals surface area contributed by atoms with E-state index >= 15 is 0 Å². The molecule has 21 heavy (non-hydrogen) atoms. The molecule has 2 N–H and O–H groups in total. The van der Waals surface area contributed by atoms with Crippen LogP contribution in [0.3, 0.4) is 0 Å². The second-order valence-corrected chi connectivity index (χ2v) is 4.83. The fourth-order valence-electron chi connectivity index (χ4n) is 2.31. The summed E-state index contributed by atoms with van der Waals surface area (Å²) in [5.74, 6) is 0.746. The summed E-state index contributed by atoms with van der Waals surface area (Å²) in [7, 11) is 0. The Bertz CT molecular complexity index is 820. The van der Waals surface area contributed by atoms with Gasteiger partial charge in [-0.2, -0.15) is 10.4 Å². The average molecular weight is 278 g/mol. The maximum Gasteiger partial charge on any atom is 0.181 e. The van der Waals surface area contributed by atoms with Crippen molar-refractivity contribution < 1.29 is 0 Å². The number of aromatic nitrogens is 4. The lowest BCUT2D eigenvalue weighted by molar-refractivity contribution is 0.978. The fraction of sp³-hybridized carbons (Fsp3) is 0.200. The highest BCUT2D eigenvalue weighted by molar-refractivity contribution is 5.77. The Hall–Kier alpha value is -2.94. The van der Waals surface area contributed by atoms with E-state index in [0.29, 0.717) is 17.8 Å². The number of anilines is 1. The van der Waals surface area contributed by atoms with Crippen LogP contribution in [0.4, 0.5) is 5.82 Å². The molecule has 0 aliphatic heterocycles. The Balaban J connectivity index is 1.84. The monoisotopic (exact) mass is 278 g/mol. The Morgan fingerprint density at radius 1 is 1.38 bits per heavy atom. The van der Waals surface area contributed by atoms with Crippen molar-refractivity contribution in [1.82, 2.24) is 20.2 Å². The van der Waals surface area contributed by atoms with Gasteiger partial charge < -0.3 is 5.32 Å². The van der Waals surface area contributed by atoms with Gasteiger partial charge >= 0.3 is 0 Å². The number of aromatic amines is 1. The molecule has 0 atom stereocenters. The molecule has 0 saturated carbocycles. The Morgan fingerprint density at radius 3 is 3.00 bits per heavy atom. The number of nitrogens with zero attached hydrogens (tertiary/aromatic N) is 4. The predicted molar refractivity (Wildman–Crippen MR) is 79.6 cm³/mol. The zero-order valence-corrected chi connectivity index (χ0v) is 11.8. The third-order valence-corrected chi connectivity index (χ3v) is 3.36. The van der Waals surface area contributed by atoms with E-state index in [0.717, 1.165) is 28.2 Å². The van der Waals surface area contributed by atoms with Crippen molar-refractivity contribution in [2.24, 2.45) is 0 Å². The summed E-state index contributed by atoms with van der Waals surface area (Å²) in [6.45, 7) is 4.32. The van der Waals surface area contributed by atoms with E-state index in [9.17, 15) is 0 Å². The lowest BCUT2D eigenvalue weighted by Gasteiger charge is -2.08. The maximum atomic E-state index is 9.06. The predicted octanol–water partition coefficient (Wildman–Crippen LogP) is 2.45. The number of pyridine rings is 2. The highest BCUT2D eigenvalue weighted by Gasteiger charge is 2.08. The second kappa shape index (κ2) is 5.21. The van der Waals surface area contributed by atoms with Crippen LogP contribution in [0.25, 0.3) is 11.0 Å². The van der Waals surface area contributed by atoms with E-state index in [1.54, 1.807) is 6.20 Å². The first kappa shape index (κ1) is 13.1. The van der Waals surface area contributed by atoms with Crippen molar-refractivity contribution in [2.75, 3.05) is 5.32 Å². The summed E-state index contributed by atoms with van der Waals surface area (Å²) in [5, 5.41) is 20.4. The lowest BCUT2D eigenvalue weighted by Crippen LogP contribution is -2.04. The lowest BCUT2D eigenvalue weighted by atomic mass is 10.1. The normalized spacial score (nSPS) is 10.5. The van der Waals surface area contributed by atoms with Gasteiger partial charge in [-0.15, -0.1) is 0 Å². The number of nitriles is 1.